The molecule has 2 aromatic rings. The van der Waals surface area contributed by atoms with Crippen LogP contribution in [0.3, 0.4) is 0 Å². The molecule has 0 fully saturated rings. The van der Waals surface area contributed by atoms with Gasteiger partial charge in [-0.1, -0.05) is 26.0 Å². The summed E-state index contributed by atoms with van der Waals surface area (Å²) in [6, 6.07) is 6.94. The van der Waals surface area contributed by atoms with Gasteiger partial charge in [-0.25, -0.2) is 0 Å². The average molecular weight is 260 g/mol. The number of aromatic amines is 1. The van der Waals surface area contributed by atoms with Crippen molar-refractivity contribution in [3.8, 4) is 0 Å². The lowest BCUT2D eigenvalue weighted by atomic mass is 10.1. The second-order valence-corrected chi connectivity index (χ2v) is 5.06. The third-order valence-corrected chi connectivity index (χ3v) is 3.59. The lowest BCUT2D eigenvalue weighted by Crippen LogP contribution is -2.38. The van der Waals surface area contributed by atoms with Crippen LogP contribution in [0.1, 0.15) is 26.3 Å². The first-order valence-electron chi connectivity index (χ1n) is 7.10. The second-order valence-electron chi connectivity index (χ2n) is 5.06. The van der Waals surface area contributed by atoms with E-state index in [4.69, 9.17) is 0 Å². The van der Waals surface area contributed by atoms with Crippen molar-refractivity contribution in [1.29, 1.82) is 0 Å². The van der Waals surface area contributed by atoms with Crippen LogP contribution in [0.2, 0.25) is 0 Å². The highest BCUT2D eigenvalue weighted by Gasteiger charge is 2.06. The normalized spacial score (nSPS) is 13.3. The molecular weight excluding hydrogens is 236 g/mol. The smallest absolute Gasteiger partial charge is 0.0653 e. The molecule has 104 valence electrons. The minimum Gasteiger partial charge on any atom is -0.309 e. The van der Waals surface area contributed by atoms with Crippen LogP contribution >= 0.6 is 0 Å². The van der Waals surface area contributed by atoms with E-state index in [2.05, 4.69) is 59.4 Å². The van der Waals surface area contributed by atoms with Gasteiger partial charge in [0.2, 0.25) is 0 Å². The standard InChI is InChI=1S/C15H24N4/c1-4-19(5-2)11-12(3)16-9-13-6-7-14-10-17-18-15(14)8-13/h6-8,10,12,16H,4-5,9,11H2,1-3H3,(H,17,18). The van der Waals surface area contributed by atoms with Gasteiger partial charge in [-0.15, -0.1) is 0 Å². The molecule has 0 aliphatic rings. The Morgan fingerprint density at radius 3 is 2.84 bits per heavy atom. The van der Waals surface area contributed by atoms with Crippen molar-refractivity contribution in [3.05, 3.63) is 30.0 Å². The Morgan fingerprint density at radius 1 is 1.32 bits per heavy atom. The van der Waals surface area contributed by atoms with Gasteiger partial charge in [-0.05, 0) is 31.6 Å². The fraction of sp³-hybridized carbons (Fsp3) is 0.533. The number of nitrogens with one attached hydrogen (secondary N) is 2. The molecule has 1 unspecified atom stereocenters. The summed E-state index contributed by atoms with van der Waals surface area (Å²) in [6.45, 7) is 10.9. The number of aromatic nitrogens is 2. The molecule has 0 saturated heterocycles. The monoisotopic (exact) mass is 260 g/mol. The van der Waals surface area contributed by atoms with Gasteiger partial charge in [-0.2, -0.15) is 5.10 Å². The first-order chi connectivity index (χ1) is 9.22. The molecule has 19 heavy (non-hydrogen) atoms. The number of H-pyrrole nitrogens is 1. The molecule has 1 aromatic carbocycles. The van der Waals surface area contributed by atoms with Gasteiger partial charge in [-0.3, -0.25) is 5.10 Å². The number of fused-ring (bicyclic) bond motifs is 1. The maximum Gasteiger partial charge on any atom is 0.0653 e. The van der Waals surface area contributed by atoms with Crippen molar-refractivity contribution in [2.24, 2.45) is 0 Å². The van der Waals surface area contributed by atoms with Gasteiger partial charge in [0.1, 0.15) is 0 Å². The van der Waals surface area contributed by atoms with Gasteiger partial charge >= 0.3 is 0 Å². The van der Waals surface area contributed by atoms with E-state index < -0.39 is 0 Å². The molecule has 0 saturated carbocycles. The summed E-state index contributed by atoms with van der Waals surface area (Å²) in [5.74, 6) is 0. The van der Waals surface area contributed by atoms with Crippen LogP contribution in [0, 0.1) is 0 Å². The Labute approximate surface area is 115 Å². The predicted molar refractivity (Wildman–Crippen MR) is 80.2 cm³/mol. The van der Waals surface area contributed by atoms with Crippen LogP contribution in [-0.2, 0) is 6.54 Å². The molecule has 0 radical (unpaired) electrons. The third kappa shape index (κ3) is 3.78. The average Bonchev–Trinajstić information content (AvgIpc) is 2.89. The molecule has 2 rings (SSSR count). The topological polar surface area (TPSA) is 44.0 Å². The van der Waals surface area contributed by atoms with Gasteiger partial charge in [0.15, 0.2) is 0 Å². The Balaban J connectivity index is 1.87. The van der Waals surface area contributed by atoms with Crippen LogP contribution in [0.15, 0.2) is 24.4 Å². The summed E-state index contributed by atoms with van der Waals surface area (Å²) in [5.41, 5.74) is 2.40. The van der Waals surface area contributed by atoms with Crippen molar-refractivity contribution in [1.82, 2.24) is 20.4 Å². The highest BCUT2D eigenvalue weighted by molar-refractivity contribution is 5.78. The maximum atomic E-state index is 4.05. The Morgan fingerprint density at radius 2 is 2.11 bits per heavy atom. The van der Waals surface area contributed by atoms with E-state index in [0.717, 1.165) is 31.7 Å². The number of hydrogen-bond donors (Lipinski definition) is 2. The summed E-state index contributed by atoms with van der Waals surface area (Å²) in [4.78, 5) is 2.44. The zero-order chi connectivity index (χ0) is 13.7. The van der Waals surface area contributed by atoms with E-state index in [1.165, 1.54) is 10.9 Å². The highest BCUT2D eigenvalue weighted by Crippen LogP contribution is 2.12. The molecule has 2 N–H and O–H groups in total. The van der Waals surface area contributed by atoms with Crippen LogP contribution in [0.4, 0.5) is 0 Å². The van der Waals surface area contributed by atoms with Crippen molar-refractivity contribution in [2.75, 3.05) is 19.6 Å². The van der Waals surface area contributed by atoms with Crippen LogP contribution < -0.4 is 5.32 Å². The summed E-state index contributed by atoms with van der Waals surface area (Å²) in [6.07, 6.45) is 1.86. The van der Waals surface area contributed by atoms with E-state index in [0.29, 0.717) is 6.04 Å². The van der Waals surface area contributed by atoms with E-state index in [9.17, 15) is 0 Å². The molecule has 4 heteroatoms. The van der Waals surface area contributed by atoms with E-state index in [1.807, 2.05) is 6.20 Å². The number of likely N-dealkylation sites (N-methyl/N-ethyl adjacent to an activating group) is 1. The summed E-state index contributed by atoms with van der Waals surface area (Å²) in [7, 11) is 0. The fourth-order valence-electron chi connectivity index (χ4n) is 2.32. The molecule has 0 aliphatic heterocycles. The first-order valence-corrected chi connectivity index (χ1v) is 7.10. The van der Waals surface area contributed by atoms with Crippen LogP contribution in [0.5, 0.6) is 0 Å². The fourth-order valence-corrected chi connectivity index (χ4v) is 2.32. The summed E-state index contributed by atoms with van der Waals surface area (Å²) in [5, 5.41) is 11.8. The molecule has 4 nitrogen and oxygen atoms in total. The van der Waals surface area contributed by atoms with E-state index in [-0.39, 0.29) is 0 Å². The van der Waals surface area contributed by atoms with Crippen LogP contribution in [0.25, 0.3) is 10.9 Å². The number of nitrogens with zero attached hydrogens (tertiary/aromatic N) is 2. The largest absolute Gasteiger partial charge is 0.309 e. The van der Waals surface area contributed by atoms with Gasteiger partial charge in [0.05, 0.1) is 11.7 Å². The SMILES string of the molecule is CCN(CC)CC(C)NCc1ccc2cn[nH]c2c1. The second kappa shape index (κ2) is 6.68. The quantitative estimate of drug-likeness (QED) is 0.803. The van der Waals surface area contributed by atoms with Crippen molar-refractivity contribution in [2.45, 2.75) is 33.4 Å². The number of benzene rings is 1. The lowest BCUT2D eigenvalue weighted by molar-refractivity contribution is 0.270. The van der Waals surface area contributed by atoms with Crippen molar-refractivity contribution >= 4 is 10.9 Å². The minimum absolute atomic E-state index is 0.498. The molecule has 0 amide bonds. The zero-order valence-corrected chi connectivity index (χ0v) is 12.1. The molecule has 1 heterocycles. The van der Waals surface area contributed by atoms with Crippen LogP contribution in [-0.4, -0.2) is 40.8 Å². The Bertz CT molecular complexity index is 502. The van der Waals surface area contributed by atoms with E-state index >= 15 is 0 Å². The molecule has 0 spiro atoms. The van der Waals surface area contributed by atoms with Crippen molar-refractivity contribution < 1.29 is 0 Å². The number of hydrogen-bond acceptors (Lipinski definition) is 3. The highest BCUT2D eigenvalue weighted by atomic mass is 15.1. The third-order valence-electron chi connectivity index (χ3n) is 3.59. The van der Waals surface area contributed by atoms with Gasteiger partial charge in [0, 0.05) is 24.5 Å². The minimum atomic E-state index is 0.498. The predicted octanol–water partition coefficient (Wildman–Crippen LogP) is 2.38. The Kier molecular flexibility index (Phi) is 4.93. The lowest BCUT2D eigenvalue weighted by Gasteiger charge is -2.23. The molecule has 1 aromatic heterocycles. The summed E-state index contributed by atoms with van der Waals surface area (Å²) < 4.78 is 0. The Hall–Kier alpha value is -1.39. The first kappa shape index (κ1) is 14.0. The van der Waals surface area contributed by atoms with Gasteiger partial charge < -0.3 is 10.2 Å². The maximum absolute atomic E-state index is 4.05. The van der Waals surface area contributed by atoms with Crippen molar-refractivity contribution in [3.63, 3.8) is 0 Å². The molecule has 0 aliphatic carbocycles. The molecular formula is C15H24N4. The molecule has 0 bridgehead atoms. The molecule has 1 atom stereocenters. The zero-order valence-electron chi connectivity index (χ0n) is 12.1. The number of rotatable bonds is 7. The van der Waals surface area contributed by atoms with Gasteiger partial charge in [0.25, 0.3) is 0 Å². The summed E-state index contributed by atoms with van der Waals surface area (Å²) >= 11 is 0. The van der Waals surface area contributed by atoms with E-state index in [1.54, 1.807) is 0 Å².